The molecule has 2 aromatic rings. The van der Waals surface area contributed by atoms with Gasteiger partial charge in [0.2, 0.25) is 11.8 Å². The fourth-order valence-corrected chi connectivity index (χ4v) is 2.92. The van der Waals surface area contributed by atoms with Gasteiger partial charge < -0.3 is 10.6 Å². The lowest BCUT2D eigenvalue weighted by Gasteiger charge is -2.14. The highest BCUT2D eigenvalue weighted by Crippen LogP contribution is 2.20. The summed E-state index contributed by atoms with van der Waals surface area (Å²) in [4.78, 5) is 24.3. The van der Waals surface area contributed by atoms with E-state index in [9.17, 15) is 9.59 Å². The standard InChI is InChI=1S/C20H24N2O2S/c1-13-8-10-17(11-9-13)21-19(23)12-25-16(4)20(24)22-18-7-5-6-14(2)15(18)3/h5-11,16H,12H2,1-4H3,(H,21,23)(H,22,24)/t16-/m0/s1. The van der Waals surface area contributed by atoms with Crippen LogP contribution in [0.25, 0.3) is 0 Å². The maximum atomic E-state index is 12.3. The molecule has 0 unspecified atom stereocenters. The summed E-state index contributed by atoms with van der Waals surface area (Å²) in [6.45, 7) is 7.80. The van der Waals surface area contributed by atoms with Crippen molar-refractivity contribution < 1.29 is 9.59 Å². The quantitative estimate of drug-likeness (QED) is 0.811. The van der Waals surface area contributed by atoms with Crippen molar-refractivity contribution >= 4 is 35.0 Å². The fourth-order valence-electron chi connectivity index (χ4n) is 2.23. The highest BCUT2D eigenvalue weighted by atomic mass is 32.2. The summed E-state index contributed by atoms with van der Waals surface area (Å²) in [5.74, 6) is 0.0250. The van der Waals surface area contributed by atoms with E-state index in [4.69, 9.17) is 0 Å². The van der Waals surface area contributed by atoms with Crippen LogP contribution >= 0.6 is 11.8 Å². The number of anilines is 2. The smallest absolute Gasteiger partial charge is 0.237 e. The van der Waals surface area contributed by atoms with Crippen LogP contribution in [0, 0.1) is 20.8 Å². The molecule has 0 spiro atoms. The third-order valence-corrected chi connectivity index (χ3v) is 5.17. The van der Waals surface area contributed by atoms with Crippen molar-refractivity contribution in [3.63, 3.8) is 0 Å². The van der Waals surface area contributed by atoms with Crippen LogP contribution in [0.4, 0.5) is 11.4 Å². The Morgan fingerprint density at radius 3 is 2.36 bits per heavy atom. The van der Waals surface area contributed by atoms with Crippen molar-refractivity contribution in [2.75, 3.05) is 16.4 Å². The Balaban J connectivity index is 1.83. The van der Waals surface area contributed by atoms with Crippen LogP contribution in [0.5, 0.6) is 0 Å². The molecule has 0 radical (unpaired) electrons. The lowest BCUT2D eigenvalue weighted by atomic mass is 10.1. The second-order valence-corrected chi connectivity index (χ2v) is 7.43. The first-order chi connectivity index (χ1) is 11.9. The molecule has 0 bridgehead atoms. The van der Waals surface area contributed by atoms with Crippen molar-refractivity contribution in [1.82, 2.24) is 0 Å². The van der Waals surface area contributed by atoms with Gasteiger partial charge in [-0.3, -0.25) is 9.59 Å². The zero-order valence-corrected chi connectivity index (χ0v) is 15.9. The van der Waals surface area contributed by atoms with E-state index in [0.29, 0.717) is 0 Å². The van der Waals surface area contributed by atoms with Crippen LogP contribution in [0.1, 0.15) is 23.6 Å². The molecule has 25 heavy (non-hydrogen) atoms. The average molecular weight is 356 g/mol. The third kappa shape index (κ3) is 5.64. The zero-order chi connectivity index (χ0) is 18.4. The van der Waals surface area contributed by atoms with E-state index in [2.05, 4.69) is 10.6 Å². The summed E-state index contributed by atoms with van der Waals surface area (Å²) < 4.78 is 0. The lowest BCUT2D eigenvalue weighted by molar-refractivity contribution is -0.115. The number of rotatable bonds is 6. The fraction of sp³-hybridized carbons (Fsp3) is 0.300. The Morgan fingerprint density at radius 1 is 1.00 bits per heavy atom. The Kier molecular flexibility index (Phi) is 6.65. The molecule has 1 atom stereocenters. The molecule has 2 N–H and O–H groups in total. The molecule has 0 aromatic heterocycles. The van der Waals surface area contributed by atoms with Gasteiger partial charge in [0.25, 0.3) is 0 Å². The molecular formula is C20H24N2O2S. The normalized spacial score (nSPS) is 11.7. The molecule has 0 aliphatic rings. The van der Waals surface area contributed by atoms with E-state index >= 15 is 0 Å². The zero-order valence-electron chi connectivity index (χ0n) is 15.1. The molecule has 2 rings (SSSR count). The highest BCUT2D eigenvalue weighted by molar-refractivity contribution is 8.01. The molecule has 2 aromatic carbocycles. The predicted molar refractivity (Wildman–Crippen MR) is 106 cm³/mol. The minimum absolute atomic E-state index is 0.0955. The summed E-state index contributed by atoms with van der Waals surface area (Å²) in [5, 5.41) is 5.46. The number of thioether (sulfide) groups is 1. The highest BCUT2D eigenvalue weighted by Gasteiger charge is 2.16. The Morgan fingerprint density at radius 2 is 1.68 bits per heavy atom. The van der Waals surface area contributed by atoms with E-state index in [-0.39, 0.29) is 22.8 Å². The van der Waals surface area contributed by atoms with Crippen LogP contribution in [0.3, 0.4) is 0 Å². The number of nitrogens with one attached hydrogen (secondary N) is 2. The van der Waals surface area contributed by atoms with Crippen molar-refractivity contribution in [2.45, 2.75) is 32.9 Å². The van der Waals surface area contributed by atoms with E-state index in [1.54, 1.807) is 0 Å². The van der Waals surface area contributed by atoms with Crippen molar-refractivity contribution in [1.29, 1.82) is 0 Å². The molecule has 0 heterocycles. The Hall–Kier alpha value is -2.27. The van der Waals surface area contributed by atoms with E-state index in [1.165, 1.54) is 11.8 Å². The molecule has 0 saturated heterocycles. The maximum absolute atomic E-state index is 12.3. The van der Waals surface area contributed by atoms with Crippen molar-refractivity contribution in [3.8, 4) is 0 Å². The van der Waals surface area contributed by atoms with Gasteiger partial charge in [0.1, 0.15) is 0 Å². The Labute approximate surface area is 153 Å². The van der Waals surface area contributed by atoms with Crippen LogP contribution in [-0.4, -0.2) is 22.8 Å². The summed E-state index contributed by atoms with van der Waals surface area (Å²) in [5.41, 5.74) is 4.93. The second kappa shape index (κ2) is 8.72. The first-order valence-electron chi connectivity index (χ1n) is 8.22. The number of aryl methyl sites for hydroxylation is 2. The van der Waals surface area contributed by atoms with Gasteiger partial charge >= 0.3 is 0 Å². The van der Waals surface area contributed by atoms with Gasteiger partial charge in [-0.1, -0.05) is 29.8 Å². The van der Waals surface area contributed by atoms with Gasteiger partial charge in [-0.25, -0.2) is 0 Å². The Bertz CT molecular complexity index is 757. The topological polar surface area (TPSA) is 58.2 Å². The molecule has 0 saturated carbocycles. The number of hydrogen-bond acceptors (Lipinski definition) is 3. The van der Waals surface area contributed by atoms with Gasteiger partial charge in [-0.15, -0.1) is 11.8 Å². The number of hydrogen-bond donors (Lipinski definition) is 2. The molecule has 0 aliphatic heterocycles. The number of amides is 2. The van der Waals surface area contributed by atoms with Crippen LogP contribution < -0.4 is 10.6 Å². The number of benzene rings is 2. The van der Waals surface area contributed by atoms with E-state index in [0.717, 1.165) is 28.1 Å². The molecule has 5 heteroatoms. The molecule has 2 amide bonds. The predicted octanol–water partition coefficient (Wildman–Crippen LogP) is 4.31. The summed E-state index contributed by atoms with van der Waals surface area (Å²) >= 11 is 1.32. The van der Waals surface area contributed by atoms with Gasteiger partial charge in [0.15, 0.2) is 0 Å². The van der Waals surface area contributed by atoms with E-state index in [1.807, 2.05) is 70.2 Å². The largest absolute Gasteiger partial charge is 0.325 e. The second-order valence-electron chi connectivity index (χ2n) is 6.10. The average Bonchev–Trinajstić information content (AvgIpc) is 2.58. The minimum Gasteiger partial charge on any atom is -0.325 e. The lowest BCUT2D eigenvalue weighted by Crippen LogP contribution is -2.25. The van der Waals surface area contributed by atoms with Crippen molar-refractivity contribution in [3.05, 3.63) is 59.2 Å². The van der Waals surface area contributed by atoms with Crippen molar-refractivity contribution in [2.24, 2.45) is 0 Å². The van der Waals surface area contributed by atoms with Crippen LogP contribution in [0.2, 0.25) is 0 Å². The first kappa shape index (κ1) is 19.1. The molecule has 132 valence electrons. The number of carbonyl (C=O) groups is 2. The van der Waals surface area contributed by atoms with Gasteiger partial charge in [0.05, 0.1) is 11.0 Å². The van der Waals surface area contributed by atoms with Gasteiger partial charge in [0, 0.05) is 11.4 Å². The molecule has 0 fully saturated rings. The summed E-state index contributed by atoms with van der Waals surface area (Å²) in [6.07, 6.45) is 0. The minimum atomic E-state index is -0.316. The van der Waals surface area contributed by atoms with Gasteiger partial charge in [-0.05, 0) is 57.0 Å². The number of carbonyl (C=O) groups excluding carboxylic acids is 2. The monoisotopic (exact) mass is 356 g/mol. The third-order valence-electron chi connectivity index (χ3n) is 4.03. The SMILES string of the molecule is Cc1ccc(NC(=O)CS[C@@H](C)C(=O)Nc2cccc(C)c2C)cc1. The summed E-state index contributed by atoms with van der Waals surface area (Å²) in [7, 11) is 0. The first-order valence-corrected chi connectivity index (χ1v) is 9.27. The molecular weight excluding hydrogens is 332 g/mol. The van der Waals surface area contributed by atoms with Crippen LogP contribution in [-0.2, 0) is 9.59 Å². The maximum Gasteiger partial charge on any atom is 0.237 e. The van der Waals surface area contributed by atoms with Gasteiger partial charge in [-0.2, -0.15) is 0 Å². The molecule has 4 nitrogen and oxygen atoms in total. The van der Waals surface area contributed by atoms with E-state index < -0.39 is 0 Å². The summed E-state index contributed by atoms with van der Waals surface area (Å²) in [6, 6.07) is 13.5. The molecule has 0 aliphatic carbocycles. The van der Waals surface area contributed by atoms with Crippen LogP contribution in [0.15, 0.2) is 42.5 Å².